The van der Waals surface area contributed by atoms with Crippen LogP contribution >= 0.6 is 11.6 Å². The Balaban J connectivity index is 0.000000292. The van der Waals surface area contributed by atoms with Crippen molar-refractivity contribution in [2.45, 2.75) is 45.3 Å². The summed E-state index contributed by atoms with van der Waals surface area (Å²) in [6.45, 7) is 6.55. The monoisotopic (exact) mass is 651 g/mol. The molecule has 1 aromatic carbocycles. The summed E-state index contributed by atoms with van der Waals surface area (Å²) in [5, 5.41) is 12.6. The molecule has 2 amide bonds. The molecule has 1 spiro atoms. The molecule has 0 saturated carbocycles. The van der Waals surface area contributed by atoms with E-state index in [1.54, 1.807) is 32.1 Å². The highest BCUT2D eigenvalue weighted by Gasteiger charge is 2.54. The van der Waals surface area contributed by atoms with E-state index in [0.29, 0.717) is 48.4 Å². The summed E-state index contributed by atoms with van der Waals surface area (Å²) in [4.78, 5) is 47.5. The van der Waals surface area contributed by atoms with Crippen LogP contribution in [-0.2, 0) is 25.3 Å². The van der Waals surface area contributed by atoms with Crippen molar-refractivity contribution in [1.29, 1.82) is 5.26 Å². The first-order valence-corrected chi connectivity index (χ1v) is 14.2. The minimum absolute atomic E-state index is 0.177. The first-order chi connectivity index (χ1) is 21.2. The maximum Gasteiger partial charge on any atom is 0.513 e. The number of halogens is 4. The molecule has 1 N–H and O–H groups in total. The maximum absolute atomic E-state index is 13.4. The average molecular weight is 652 g/mol. The van der Waals surface area contributed by atoms with Crippen LogP contribution in [0.1, 0.15) is 52.4 Å². The minimum atomic E-state index is -4.62. The number of carbonyl (C=O) groups is 3. The Morgan fingerprint density at radius 2 is 1.82 bits per heavy atom. The Morgan fingerprint density at radius 1 is 1.20 bits per heavy atom. The summed E-state index contributed by atoms with van der Waals surface area (Å²) >= 11 is 6.19. The molecule has 0 unspecified atom stereocenters. The molecule has 2 aliphatic rings. The number of amides is 2. The number of ether oxygens (including phenoxy) is 2. The molecular weight excluding hydrogens is 619 g/mol. The number of nitrogens with zero attached hydrogens (tertiary/aromatic N) is 4. The molecule has 1 fully saturated rings. The van der Waals surface area contributed by atoms with Crippen LogP contribution in [0.3, 0.4) is 0 Å². The molecule has 0 aliphatic carbocycles. The molecule has 2 aliphatic heterocycles. The smallest absolute Gasteiger partial charge is 0.434 e. The van der Waals surface area contributed by atoms with E-state index in [-0.39, 0.29) is 19.1 Å². The second kappa shape index (κ2) is 14.7. The number of aryl methyl sites for hydroxylation is 2. The van der Waals surface area contributed by atoms with E-state index < -0.39 is 34.9 Å². The van der Waals surface area contributed by atoms with Crippen molar-refractivity contribution in [2.24, 2.45) is 0 Å². The van der Waals surface area contributed by atoms with Gasteiger partial charge in [0.15, 0.2) is 5.76 Å². The predicted octanol–water partition coefficient (Wildman–Crippen LogP) is 5.06. The average Bonchev–Trinajstić information content (AvgIpc) is 3.17. The van der Waals surface area contributed by atoms with Gasteiger partial charge in [0, 0.05) is 37.6 Å². The van der Waals surface area contributed by atoms with E-state index in [9.17, 15) is 27.6 Å². The van der Waals surface area contributed by atoms with E-state index in [1.165, 1.54) is 0 Å². The van der Waals surface area contributed by atoms with Crippen molar-refractivity contribution in [3.63, 3.8) is 0 Å². The predicted molar refractivity (Wildman–Crippen MR) is 156 cm³/mol. The van der Waals surface area contributed by atoms with Crippen LogP contribution in [-0.4, -0.2) is 78.9 Å². The number of hydrogen-bond acceptors (Lipinski definition) is 9. The Morgan fingerprint density at radius 3 is 2.36 bits per heavy atom. The molecule has 11 nitrogen and oxygen atoms in total. The van der Waals surface area contributed by atoms with Gasteiger partial charge in [-0.05, 0) is 68.5 Å². The SMILES string of the molecule is CCOC(=O)OC1=C(c2c(C)cc(Cl)cc2C)C(=O)N(C)C12CCN(OC)CC2.N#CCNC(=O)c1cnccc1C(F)(F)F. The largest absolute Gasteiger partial charge is 0.513 e. The Hall–Kier alpha value is -4.19. The highest BCUT2D eigenvalue weighted by molar-refractivity contribution is 6.31. The third kappa shape index (κ3) is 7.73. The van der Waals surface area contributed by atoms with E-state index in [1.807, 2.05) is 36.4 Å². The molecule has 0 radical (unpaired) electrons. The summed E-state index contributed by atoms with van der Waals surface area (Å²) < 4.78 is 48.1. The maximum atomic E-state index is 13.4. The number of nitrogens with one attached hydrogen (secondary N) is 1. The molecule has 1 aromatic heterocycles. The van der Waals surface area contributed by atoms with Crippen LogP contribution in [0, 0.1) is 25.2 Å². The molecule has 2 aromatic rings. The lowest BCUT2D eigenvalue weighted by Gasteiger charge is -2.43. The van der Waals surface area contributed by atoms with Crippen LogP contribution in [0.15, 0.2) is 36.4 Å². The quantitative estimate of drug-likeness (QED) is 0.336. The van der Waals surface area contributed by atoms with Crippen LogP contribution in [0.5, 0.6) is 0 Å². The lowest BCUT2D eigenvalue weighted by Crippen LogP contribution is -2.53. The molecule has 0 atom stereocenters. The van der Waals surface area contributed by atoms with Gasteiger partial charge in [0.2, 0.25) is 0 Å². The fraction of sp³-hybridized carbons (Fsp3) is 0.433. The highest BCUT2D eigenvalue weighted by Crippen LogP contribution is 2.47. The second-order valence-electron chi connectivity index (χ2n) is 10.2. The van der Waals surface area contributed by atoms with Gasteiger partial charge < -0.3 is 24.5 Å². The number of piperidine rings is 1. The van der Waals surface area contributed by atoms with Crippen LogP contribution in [0.4, 0.5) is 18.0 Å². The van der Waals surface area contributed by atoms with Gasteiger partial charge in [-0.2, -0.15) is 23.5 Å². The van der Waals surface area contributed by atoms with Gasteiger partial charge in [-0.1, -0.05) is 11.6 Å². The van der Waals surface area contributed by atoms with E-state index >= 15 is 0 Å². The number of carbonyl (C=O) groups excluding carboxylic acids is 3. The standard InChI is InChI=1S/C21H27ClN2O5.C9H6F3N3O/c1-6-28-20(26)29-18-17(16-13(2)11-15(22)12-14(16)3)19(25)23(4)21(18)7-9-24(27-5)10-8-21;10-9(11,12)7-1-3-14-5-6(7)8(16)15-4-2-13/h11-12H,6-10H2,1-5H3;1,3,5H,4H2,(H,15,16). The molecule has 4 rings (SSSR count). The molecule has 0 bridgehead atoms. The van der Waals surface area contributed by atoms with Crippen molar-refractivity contribution in [2.75, 3.05) is 40.4 Å². The zero-order chi connectivity index (χ0) is 33.5. The number of alkyl halides is 3. The van der Waals surface area contributed by atoms with E-state index in [0.717, 1.165) is 29.1 Å². The molecule has 242 valence electrons. The van der Waals surface area contributed by atoms with Crippen molar-refractivity contribution >= 4 is 35.1 Å². The topological polar surface area (TPSA) is 134 Å². The van der Waals surface area contributed by atoms with Gasteiger partial charge in [0.05, 0.1) is 36.5 Å². The lowest BCUT2D eigenvalue weighted by molar-refractivity contribution is -0.162. The van der Waals surface area contributed by atoms with Gasteiger partial charge in [-0.3, -0.25) is 14.6 Å². The summed E-state index contributed by atoms with van der Waals surface area (Å²) in [6, 6.07) is 5.92. The van der Waals surface area contributed by atoms with Gasteiger partial charge in [0.25, 0.3) is 11.8 Å². The highest BCUT2D eigenvalue weighted by atomic mass is 35.5. The first-order valence-electron chi connectivity index (χ1n) is 13.8. The normalized spacial score (nSPS) is 16.2. The zero-order valence-electron chi connectivity index (χ0n) is 25.4. The number of nitriles is 1. The van der Waals surface area contributed by atoms with Gasteiger partial charge in [-0.25, -0.2) is 4.79 Å². The van der Waals surface area contributed by atoms with Crippen molar-refractivity contribution in [1.82, 2.24) is 20.3 Å². The number of hydrogen-bond donors (Lipinski definition) is 1. The number of likely N-dealkylation sites (N-methyl/N-ethyl adjacent to an activating group) is 1. The van der Waals surface area contributed by atoms with Crippen LogP contribution < -0.4 is 5.32 Å². The number of aromatic nitrogens is 1. The summed E-state index contributed by atoms with van der Waals surface area (Å²) in [5.41, 5.74) is 0.455. The number of pyridine rings is 1. The zero-order valence-corrected chi connectivity index (χ0v) is 26.1. The second-order valence-corrected chi connectivity index (χ2v) is 10.6. The Kier molecular flexibility index (Phi) is 11.5. The van der Waals surface area contributed by atoms with Crippen molar-refractivity contribution in [3.8, 4) is 6.07 Å². The van der Waals surface area contributed by atoms with Crippen LogP contribution in [0.2, 0.25) is 5.02 Å². The summed E-state index contributed by atoms with van der Waals surface area (Å²) in [5.74, 6) is -0.793. The molecule has 45 heavy (non-hydrogen) atoms. The molecule has 15 heteroatoms. The molecule has 1 saturated heterocycles. The third-order valence-corrected chi connectivity index (χ3v) is 7.73. The summed E-state index contributed by atoms with van der Waals surface area (Å²) in [7, 11) is 3.38. The fourth-order valence-corrected chi connectivity index (χ4v) is 5.71. The first kappa shape index (κ1) is 35.3. The summed E-state index contributed by atoms with van der Waals surface area (Å²) in [6.07, 6.45) is -2.51. The van der Waals surface area contributed by atoms with E-state index in [2.05, 4.69) is 4.98 Å². The lowest BCUT2D eigenvalue weighted by atomic mass is 9.84. The van der Waals surface area contributed by atoms with Crippen LogP contribution in [0.25, 0.3) is 5.57 Å². The number of benzene rings is 1. The fourth-order valence-electron chi connectivity index (χ4n) is 5.39. The Labute approximate surface area is 263 Å². The van der Waals surface area contributed by atoms with Gasteiger partial charge in [0.1, 0.15) is 12.1 Å². The van der Waals surface area contributed by atoms with Gasteiger partial charge in [-0.15, -0.1) is 0 Å². The van der Waals surface area contributed by atoms with Crippen molar-refractivity contribution < 1.29 is 41.9 Å². The van der Waals surface area contributed by atoms with Gasteiger partial charge >= 0.3 is 12.3 Å². The minimum Gasteiger partial charge on any atom is -0.434 e. The molecule has 3 heterocycles. The number of rotatable bonds is 6. The Bertz CT molecular complexity index is 1490. The molecular formula is C30H33ClF3N5O6. The van der Waals surface area contributed by atoms with E-state index in [4.69, 9.17) is 31.2 Å². The number of hydroxylamine groups is 2. The third-order valence-electron chi connectivity index (χ3n) is 7.51. The van der Waals surface area contributed by atoms with Crippen molar-refractivity contribution in [3.05, 3.63) is 69.2 Å².